The molecule has 1 aliphatic rings. The van der Waals surface area contributed by atoms with Crippen LogP contribution < -0.4 is 10.6 Å². The average Bonchev–Trinajstić information content (AvgIpc) is 2.59. The van der Waals surface area contributed by atoms with Crippen LogP contribution in [0.1, 0.15) is 37.4 Å². The molecule has 1 atom stereocenters. The molecule has 0 saturated carbocycles. The molecule has 26 heavy (non-hydrogen) atoms. The quantitative estimate of drug-likeness (QED) is 0.551. The first-order valence-electron chi connectivity index (χ1n) is 8.37. The molecule has 1 heterocycles. The third kappa shape index (κ3) is 4.63. The number of carbonyl (C=O) groups excluding carboxylic acids is 1. The molecular formula is C18H22F3N3O2. The molecule has 5 nitrogen and oxygen atoms in total. The highest BCUT2D eigenvalue weighted by Gasteiger charge is 2.35. The van der Waals surface area contributed by atoms with Gasteiger partial charge in [0.05, 0.1) is 12.2 Å². The highest BCUT2D eigenvalue weighted by molar-refractivity contribution is 6.05. The van der Waals surface area contributed by atoms with Gasteiger partial charge in [0.1, 0.15) is 5.70 Å². The molecule has 1 aromatic rings. The van der Waals surface area contributed by atoms with Crippen molar-refractivity contribution in [2.45, 2.75) is 32.5 Å². The predicted octanol–water partition coefficient (Wildman–Crippen LogP) is 3.19. The van der Waals surface area contributed by atoms with E-state index in [0.717, 1.165) is 6.07 Å². The van der Waals surface area contributed by atoms with Crippen molar-refractivity contribution in [2.75, 3.05) is 19.7 Å². The van der Waals surface area contributed by atoms with Crippen molar-refractivity contribution in [3.05, 3.63) is 46.7 Å². The number of rotatable bonds is 5. The molecule has 1 aliphatic heterocycles. The standard InChI is InChI=1S/C18H22F3N3O2/c1-3-26-17(25)16(13-10-23-9-8-15(13)22)24-11(2)12-6-4-5-7-14(12)18(19,20)21/h4-7,11,22-24H,3,8-10H2,1-2H3/b16-13-,22-15?. The predicted molar refractivity (Wildman–Crippen MR) is 91.9 cm³/mol. The maximum absolute atomic E-state index is 13.3. The lowest BCUT2D eigenvalue weighted by Gasteiger charge is -2.25. The maximum Gasteiger partial charge on any atom is 0.416 e. The van der Waals surface area contributed by atoms with Gasteiger partial charge in [-0.3, -0.25) is 0 Å². The van der Waals surface area contributed by atoms with E-state index in [1.807, 2.05) is 0 Å². The fourth-order valence-electron chi connectivity index (χ4n) is 2.82. The molecule has 0 aromatic heterocycles. The van der Waals surface area contributed by atoms with Gasteiger partial charge in [-0.25, -0.2) is 4.79 Å². The first kappa shape index (κ1) is 20.0. The monoisotopic (exact) mass is 369 g/mol. The Hall–Kier alpha value is -2.35. The first-order chi connectivity index (χ1) is 12.3. The van der Waals surface area contributed by atoms with E-state index < -0.39 is 23.8 Å². The molecule has 0 amide bonds. The van der Waals surface area contributed by atoms with Gasteiger partial charge < -0.3 is 20.8 Å². The molecule has 1 saturated heterocycles. The molecule has 0 spiro atoms. The third-order valence-electron chi connectivity index (χ3n) is 4.09. The third-order valence-corrected chi connectivity index (χ3v) is 4.09. The number of carbonyl (C=O) groups is 1. The number of ether oxygens (including phenoxy) is 1. The van der Waals surface area contributed by atoms with Crippen LogP contribution in [0, 0.1) is 5.41 Å². The van der Waals surface area contributed by atoms with Gasteiger partial charge in [0.25, 0.3) is 0 Å². The number of benzene rings is 1. The summed E-state index contributed by atoms with van der Waals surface area (Å²) in [6.45, 7) is 4.22. The van der Waals surface area contributed by atoms with Crippen LogP contribution >= 0.6 is 0 Å². The van der Waals surface area contributed by atoms with Gasteiger partial charge >= 0.3 is 12.1 Å². The molecule has 1 aromatic carbocycles. The molecular weight excluding hydrogens is 347 g/mol. The number of hydrogen-bond donors (Lipinski definition) is 3. The second-order valence-corrected chi connectivity index (χ2v) is 5.93. The normalized spacial score (nSPS) is 18.3. The number of alkyl halides is 3. The van der Waals surface area contributed by atoms with E-state index in [1.165, 1.54) is 18.2 Å². The van der Waals surface area contributed by atoms with Crippen LogP contribution in [-0.4, -0.2) is 31.4 Å². The highest BCUT2D eigenvalue weighted by atomic mass is 19.4. The van der Waals surface area contributed by atoms with Gasteiger partial charge in [-0.2, -0.15) is 13.2 Å². The molecule has 1 fully saturated rings. The SMILES string of the molecule is CCOC(=O)/C(NC(C)c1ccccc1C(F)(F)F)=C1\CNCCC1=N. The van der Waals surface area contributed by atoms with Crippen molar-refractivity contribution in [3.8, 4) is 0 Å². The second kappa shape index (κ2) is 8.35. The summed E-state index contributed by atoms with van der Waals surface area (Å²) >= 11 is 0. The van der Waals surface area contributed by atoms with E-state index in [-0.39, 0.29) is 30.1 Å². The average molecular weight is 369 g/mol. The Morgan fingerprint density at radius 2 is 2.08 bits per heavy atom. The van der Waals surface area contributed by atoms with Crippen molar-refractivity contribution in [2.24, 2.45) is 0 Å². The topological polar surface area (TPSA) is 74.2 Å². The van der Waals surface area contributed by atoms with E-state index in [0.29, 0.717) is 18.5 Å². The van der Waals surface area contributed by atoms with Gasteiger partial charge in [-0.05, 0) is 25.5 Å². The summed E-state index contributed by atoms with van der Waals surface area (Å²) in [6, 6.07) is 4.43. The minimum Gasteiger partial charge on any atom is -0.461 e. The molecule has 0 radical (unpaired) electrons. The zero-order chi connectivity index (χ0) is 19.3. The molecule has 3 N–H and O–H groups in total. The zero-order valence-corrected chi connectivity index (χ0v) is 14.7. The van der Waals surface area contributed by atoms with Crippen LogP contribution in [0.15, 0.2) is 35.5 Å². The number of hydrogen-bond acceptors (Lipinski definition) is 5. The Labute approximate surface area is 150 Å². The van der Waals surface area contributed by atoms with Gasteiger partial charge in [0.15, 0.2) is 0 Å². The van der Waals surface area contributed by atoms with Gasteiger partial charge in [-0.1, -0.05) is 18.2 Å². The summed E-state index contributed by atoms with van der Waals surface area (Å²) in [5.41, 5.74) is -0.00192. The number of halogens is 3. The number of piperidine rings is 1. The fourth-order valence-corrected chi connectivity index (χ4v) is 2.82. The largest absolute Gasteiger partial charge is 0.461 e. The summed E-state index contributed by atoms with van der Waals surface area (Å²) < 4.78 is 44.8. The van der Waals surface area contributed by atoms with Gasteiger partial charge in [0, 0.05) is 36.8 Å². The number of esters is 1. The molecule has 1 unspecified atom stereocenters. The lowest BCUT2D eigenvalue weighted by molar-refractivity contribution is -0.139. The zero-order valence-electron chi connectivity index (χ0n) is 14.7. The Balaban J connectivity index is 2.39. The van der Waals surface area contributed by atoms with E-state index in [2.05, 4.69) is 10.6 Å². The van der Waals surface area contributed by atoms with E-state index >= 15 is 0 Å². The summed E-state index contributed by atoms with van der Waals surface area (Å²) in [5.74, 6) is -0.674. The van der Waals surface area contributed by atoms with Gasteiger partial charge in [-0.15, -0.1) is 0 Å². The Morgan fingerprint density at radius 1 is 1.38 bits per heavy atom. The van der Waals surface area contributed by atoms with Crippen LogP contribution in [0.5, 0.6) is 0 Å². The van der Waals surface area contributed by atoms with Crippen molar-refractivity contribution < 1.29 is 22.7 Å². The Morgan fingerprint density at radius 3 is 2.69 bits per heavy atom. The van der Waals surface area contributed by atoms with E-state index in [9.17, 15) is 18.0 Å². The molecule has 142 valence electrons. The second-order valence-electron chi connectivity index (χ2n) is 5.93. The van der Waals surface area contributed by atoms with Crippen LogP contribution in [0.3, 0.4) is 0 Å². The maximum atomic E-state index is 13.3. The molecule has 0 bridgehead atoms. The summed E-state index contributed by atoms with van der Waals surface area (Å²) in [6.07, 6.45) is -4.06. The summed E-state index contributed by atoms with van der Waals surface area (Å²) in [4.78, 5) is 12.3. The van der Waals surface area contributed by atoms with Crippen molar-refractivity contribution in [1.82, 2.24) is 10.6 Å². The van der Waals surface area contributed by atoms with Crippen LogP contribution in [-0.2, 0) is 15.7 Å². The highest BCUT2D eigenvalue weighted by Crippen LogP contribution is 2.34. The van der Waals surface area contributed by atoms with Crippen molar-refractivity contribution >= 4 is 11.7 Å². The van der Waals surface area contributed by atoms with Crippen LogP contribution in [0.4, 0.5) is 13.2 Å². The minimum atomic E-state index is -4.50. The van der Waals surface area contributed by atoms with Gasteiger partial charge in [0.2, 0.25) is 0 Å². The summed E-state index contributed by atoms with van der Waals surface area (Å²) in [5, 5.41) is 14.0. The molecule has 2 rings (SSSR count). The van der Waals surface area contributed by atoms with Crippen molar-refractivity contribution in [3.63, 3.8) is 0 Å². The smallest absolute Gasteiger partial charge is 0.416 e. The van der Waals surface area contributed by atoms with Crippen LogP contribution in [0.2, 0.25) is 0 Å². The fraction of sp³-hybridized carbons (Fsp3) is 0.444. The number of nitrogens with one attached hydrogen (secondary N) is 3. The summed E-state index contributed by atoms with van der Waals surface area (Å²) in [7, 11) is 0. The molecule has 0 aliphatic carbocycles. The molecule has 8 heteroatoms. The van der Waals surface area contributed by atoms with E-state index in [1.54, 1.807) is 13.8 Å². The van der Waals surface area contributed by atoms with E-state index in [4.69, 9.17) is 10.1 Å². The first-order valence-corrected chi connectivity index (χ1v) is 8.37. The lowest BCUT2D eigenvalue weighted by atomic mass is 9.98. The Kier molecular flexibility index (Phi) is 6.42. The minimum absolute atomic E-state index is 0.0256. The van der Waals surface area contributed by atoms with Crippen molar-refractivity contribution in [1.29, 1.82) is 5.41 Å². The lowest BCUT2D eigenvalue weighted by Crippen LogP contribution is -2.36. The Bertz CT molecular complexity index is 714. The van der Waals surface area contributed by atoms with Crippen LogP contribution in [0.25, 0.3) is 0 Å².